The highest BCUT2D eigenvalue weighted by molar-refractivity contribution is 7.89. The summed E-state index contributed by atoms with van der Waals surface area (Å²) in [6.07, 6.45) is 1.13. The van der Waals surface area contributed by atoms with Gasteiger partial charge in [0, 0.05) is 12.1 Å². The Morgan fingerprint density at radius 1 is 1.47 bits per heavy atom. The van der Waals surface area contributed by atoms with E-state index in [-0.39, 0.29) is 15.8 Å². The first-order valence-corrected chi connectivity index (χ1v) is 6.89. The lowest BCUT2D eigenvalue weighted by molar-refractivity contribution is -0.116. The van der Waals surface area contributed by atoms with Gasteiger partial charge in [0.15, 0.2) is 0 Å². The second-order valence-corrected chi connectivity index (χ2v) is 5.43. The van der Waals surface area contributed by atoms with Crippen LogP contribution in [0.25, 0.3) is 0 Å². The molecule has 0 spiro atoms. The Kier molecular flexibility index (Phi) is 4.50. The van der Waals surface area contributed by atoms with Gasteiger partial charge in [-0.25, -0.2) is 13.6 Å². The molecule has 0 saturated carbocycles. The molecule has 0 aromatic heterocycles. The molecular formula is C10H13ClN2O3S. The molecule has 1 amide bonds. The zero-order valence-corrected chi connectivity index (χ0v) is 10.8. The van der Waals surface area contributed by atoms with Crippen LogP contribution in [0.5, 0.6) is 0 Å². The Balaban J connectivity index is 2.94. The first-order valence-electron chi connectivity index (χ1n) is 4.96. The number of hydrogen-bond donors (Lipinski definition) is 2. The third-order valence-corrected chi connectivity index (χ3v) is 3.39. The van der Waals surface area contributed by atoms with Gasteiger partial charge in [0.1, 0.15) is 4.90 Å². The molecule has 0 atom stereocenters. The quantitative estimate of drug-likeness (QED) is 0.877. The van der Waals surface area contributed by atoms with Crippen molar-refractivity contribution in [3.8, 4) is 0 Å². The molecule has 0 unspecified atom stereocenters. The third kappa shape index (κ3) is 3.99. The second kappa shape index (κ2) is 5.48. The number of carbonyl (C=O) groups is 1. The van der Waals surface area contributed by atoms with Crippen molar-refractivity contribution in [1.82, 2.24) is 0 Å². The van der Waals surface area contributed by atoms with Crippen LogP contribution in [0.15, 0.2) is 23.1 Å². The zero-order chi connectivity index (χ0) is 13.1. The van der Waals surface area contributed by atoms with Crippen molar-refractivity contribution in [2.45, 2.75) is 24.7 Å². The Labute approximate surface area is 105 Å². The van der Waals surface area contributed by atoms with E-state index in [1.54, 1.807) is 0 Å². The fourth-order valence-electron chi connectivity index (χ4n) is 1.26. The largest absolute Gasteiger partial charge is 0.326 e. The minimum Gasteiger partial charge on any atom is -0.326 e. The van der Waals surface area contributed by atoms with Crippen LogP contribution in [0.1, 0.15) is 19.8 Å². The maximum Gasteiger partial charge on any atom is 0.239 e. The highest BCUT2D eigenvalue weighted by Crippen LogP contribution is 2.24. The minimum atomic E-state index is -3.83. The van der Waals surface area contributed by atoms with E-state index in [9.17, 15) is 13.2 Å². The standard InChI is InChI=1S/C10H13ClN2O3S/c1-2-3-10(14)13-7-4-5-9(8(11)6-7)17(12,15)16/h4-6H,2-3H2,1H3,(H,13,14)(H2,12,15,16). The molecular weight excluding hydrogens is 264 g/mol. The predicted molar refractivity (Wildman–Crippen MR) is 66.4 cm³/mol. The molecule has 7 heteroatoms. The average Bonchev–Trinajstić information content (AvgIpc) is 2.15. The maximum absolute atomic E-state index is 11.3. The van der Waals surface area contributed by atoms with Crippen LogP contribution in [0, 0.1) is 0 Å². The minimum absolute atomic E-state index is 0.0122. The molecule has 1 rings (SSSR count). The van der Waals surface area contributed by atoms with Gasteiger partial charge < -0.3 is 5.32 Å². The van der Waals surface area contributed by atoms with Crippen LogP contribution < -0.4 is 10.5 Å². The Morgan fingerprint density at radius 2 is 2.12 bits per heavy atom. The normalized spacial score (nSPS) is 11.2. The molecule has 0 radical (unpaired) electrons. The number of halogens is 1. The van der Waals surface area contributed by atoms with E-state index >= 15 is 0 Å². The lowest BCUT2D eigenvalue weighted by atomic mass is 10.3. The van der Waals surface area contributed by atoms with Crippen LogP contribution in [0.3, 0.4) is 0 Å². The van der Waals surface area contributed by atoms with Gasteiger partial charge in [-0.05, 0) is 24.6 Å². The average molecular weight is 277 g/mol. The fraction of sp³-hybridized carbons (Fsp3) is 0.300. The summed E-state index contributed by atoms with van der Waals surface area (Å²) >= 11 is 5.76. The molecule has 1 aromatic rings. The summed E-state index contributed by atoms with van der Waals surface area (Å²) in [4.78, 5) is 11.1. The molecule has 0 fully saturated rings. The maximum atomic E-state index is 11.3. The van der Waals surface area contributed by atoms with Crippen LogP contribution in [-0.2, 0) is 14.8 Å². The summed E-state index contributed by atoms with van der Waals surface area (Å²) in [6, 6.07) is 4.06. The van der Waals surface area contributed by atoms with Gasteiger partial charge in [0.2, 0.25) is 15.9 Å². The van der Waals surface area contributed by atoms with Crippen LogP contribution in [0.2, 0.25) is 5.02 Å². The van der Waals surface area contributed by atoms with Gasteiger partial charge in [-0.2, -0.15) is 0 Å². The summed E-state index contributed by atoms with van der Waals surface area (Å²) in [6.45, 7) is 1.89. The molecule has 1 aromatic carbocycles. The predicted octanol–water partition coefficient (Wildman–Crippen LogP) is 1.73. The number of carbonyl (C=O) groups excluding carboxylic acids is 1. The van der Waals surface area contributed by atoms with Gasteiger partial charge in [0.05, 0.1) is 5.02 Å². The van der Waals surface area contributed by atoms with E-state index < -0.39 is 10.0 Å². The summed E-state index contributed by atoms with van der Waals surface area (Å²) in [7, 11) is -3.83. The molecule has 0 bridgehead atoms. The molecule has 5 nitrogen and oxygen atoms in total. The third-order valence-electron chi connectivity index (χ3n) is 2.00. The lowest BCUT2D eigenvalue weighted by Crippen LogP contribution is -2.14. The topological polar surface area (TPSA) is 89.3 Å². The molecule has 3 N–H and O–H groups in total. The van der Waals surface area contributed by atoms with Gasteiger partial charge in [0.25, 0.3) is 0 Å². The molecule has 0 aliphatic rings. The van der Waals surface area contributed by atoms with Crippen LogP contribution in [-0.4, -0.2) is 14.3 Å². The number of amides is 1. The Morgan fingerprint density at radius 3 is 2.59 bits per heavy atom. The summed E-state index contributed by atoms with van der Waals surface area (Å²) in [5.41, 5.74) is 0.445. The van der Waals surface area contributed by atoms with Crippen molar-refractivity contribution >= 4 is 33.2 Å². The van der Waals surface area contributed by atoms with E-state index in [1.807, 2.05) is 6.92 Å². The first-order chi connectivity index (χ1) is 7.84. The van der Waals surface area contributed by atoms with E-state index in [4.69, 9.17) is 16.7 Å². The van der Waals surface area contributed by atoms with Crippen LogP contribution in [0.4, 0.5) is 5.69 Å². The second-order valence-electron chi connectivity index (χ2n) is 3.49. The van der Waals surface area contributed by atoms with Gasteiger partial charge in [-0.1, -0.05) is 18.5 Å². The van der Waals surface area contributed by atoms with Crippen molar-refractivity contribution in [1.29, 1.82) is 0 Å². The lowest BCUT2D eigenvalue weighted by Gasteiger charge is -2.07. The van der Waals surface area contributed by atoms with Gasteiger partial charge >= 0.3 is 0 Å². The fourth-order valence-corrected chi connectivity index (χ4v) is 2.35. The number of hydrogen-bond acceptors (Lipinski definition) is 3. The van der Waals surface area contributed by atoms with Gasteiger partial charge in [-0.3, -0.25) is 4.79 Å². The van der Waals surface area contributed by atoms with E-state index in [0.717, 1.165) is 6.42 Å². The van der Waals surface area contributed by atoms with Crippen molar-refractivity contribution in [3.63, 3.8) is 0 Å². The van der Waals surface area contributed by atoms with Crippen molar-refractivity contribution in [3.05, 3.63) is 23.2 Å². The number of nitrogens with two attached hydrogens (primary N) is 1. The molecule has 0 aliphatic heterocycles. The molecule has 0 saturated heterocycles. The van der Waals surface area contributed by atoms with E-state index in [2.05, 4.69) is 5.32 Å². The van der Waals surface area contributed by atoms with Crippen molar-refractivity contribution in [2.75, 3.05) is 5.32 Å². The number of nitrogens with one attached hydrogen (secondary N) is 1. The molecule has 0 heterocycles. The number of benzene rings is 1. The summed E-state index contributed by atoms with van der Waals surface area (Å²) in [5, 5.41) is 7.55. The summed E-state index contributed by atoms with van der Waals surface area (Å²) < 4.78 is 22.2. The first kappa shape index (κ1) is 14.0. The summed E-state index contributed by atoms with van der Waals surface area (Å²) in [5.74, 6) is -0.146. The Hall–Kier alpha value is -1.11. The van der Waals surface area contributed by atoms with Crippen molar-refractivity contribution < 1.29 is 13.2 Å². The highest BCUT2D eigenvalue weighted by Gasteiger charge is 2.13. The Bertz CT molecular complexity index is 528. The number of primary sulfonamides is 1. The molecule has 94 valence electrons. The van der Waals surface area contributed by atoms with Crippen molar-refractivity contribution in [2.24, 2.45) is 5.14 Å². The van der Waals surface area contributed by atoms with E-state index in [1.165, 1.54) is 18.2 Å². The van der Waals surface area contributed by atoms with Crippen LogP contribution >= 0.6 is 11.6 Å². The smallest absolute Gasteiger partial charge is 0.239 e. The monoisotopic (exact) mass is 276 g/mol. The zero-order valence-electron chi connectivity index (χ0n) is 9.23. The SMILES string of the molecule is CCCC(=O)Nc1ccc(S(N)(=O)=O)c(Cl)c1. The number of rotatable bonds is 4. The van der Waals surface area contributed by atoms with E-state index in [0.29, 0.717) is 12.1 Å². The molecule has 0 aliphatic carbocycles. The highest BCUT2D eigenvalue weighted by atomic mass is 35.5. The molecule has 17 heavy (non-hydrogen) atoms. The number of anilines is 1. The van der Waals surface area contributed by atoms with Gasteiger partial charge in [-0.15, -0.1) is 0 Å². The number of sulfonamides is 1.